The fraction of sp³-hybridized carbons (Fsp3) is 0.250. The summed E-state index contributed by atoms with van der Waals surface area (Å²) in [5, 5.41) is 5.90. The molecule has 27 heavy (non-hydrogen) atoms. The number of hydrogen-bond donors (Lipinski definition) is 1. The molecule has 7 heteroatoms. The van der Waals surface area contributed by atoms with Gasteiger partial charge in [0, 0.05) is 18.5 Å². The Morgan fingerprint density at radius 2 is 1.85 bits per heavy atom. The molecule has 142 valence electrons. The van der Waals surface area contributed by atoms with E-state index in [9.17, 15) is 13.2 Å². The Kier molecular flexibility index (Phi) is 6.13. The quantitative estimate of drug-likeness (QED) is 0.589. The van der Waals surface area contributed by atoms with E-state index in [0.29, 0.717) is 25.3 Å². The number of rotatable bonds is 7. The highest BCUT2D eigenvalue weighted by molar-refractivity contribution is 7.09. The molecule has 0 radical (unpaired) electrons. The van der Waals surface area contributed by atoms with Gasteiger partial charge in [0.2, 0.25) is 0 Å². The summed E-state index contributed by atoms with van der Waals surface area (Å²) in [5.41, 5.74) is 1.97. The van der Waals surface area contributed by atoms with Crippen molar-refractivity contribution in [3.05, 3.63) is 81.3 Å². The van der Waals surface area contributed by atoms with Crippen molar-refractivity contribution in [2.45, 2.75) is 32.8 Å². The lowest BCUT2D eigenvalue weighted by Crippen LogP contribution is -2.14. The molecule has 0 spiro atoms. The molecule has 2 aromatic carbocycles. The van der Waals surface area contributed by atoms with Crippen LogP contribution in [-0.4, -0.2) is 4.98 Å². The van der Waals surface area contributed by atoms with Gasteiger partial charge in [0.15, 0.2) is 0 Å². The molecule has 3 rings (SSSR count). The first-order chi connectivity index (χ1) is 12.9. The van der Waals surface area contributed by atoms with Gasteiger partial charge in [0.1, 0.15) is 17.4 Å². The molecule has 0 fully saturated rings. The van der Waals surface area contributed by atoms with Gasteiger partial charge in [-0.25, -0.2) is 4.98 Å². The first kappa shape index (κ1) is 19.4. The van der Waals surface area contributed by atoms with Crippen LogP contribution < -0.4 is 10.1 Å². The normalized spacial score (nSPS) is 11.6. The van der Waals surface area contributed by atoms with E-state index < -0.39 is 11.7 Å². The van der Waals surface area contributed by atoms with E-state index in [1.54, 1.807) is 6.07 Å². The van der Waals surface area contributed by atoms with E-state index in [2.05, 4.69) is 10.3 Å². The minimum absolute atomic E-state index is 0.344. The van der Waals surface area contributed by atoms with E-state index in [1.807, 2.05) is 36.6 Å². The maximum atomic E-state index is 12.7. The van der Waals surface area contributed by atoms with Crippen molar-refractivity contribution in [1.29, 1.82) is 0 Å². The Bertz CT molecular complexity index is 875. The van der Waals surface area contributed by atoms with Crippen LogP contribution in [0.3, 0.4) is 0 Å². The third-order valence-electron chi connectivity index (χ3n) is 3.87. The highest BCUT2D eigenvalue weighted by Crippen LogP contribution is 2.29. The Morgan fingerprint density at radius 1 is 1.07 bits per heavy atom. The van der Waals surface area contributed by atoms with Crippen molar-refractivity contribution >= 4 is 11.3 Å². The zero-order valence-electron chi connectivity index (χ0n) is 14.7. The number of thiazole rings is 1. The third kappa shape index (κ3) is 5.80. The third-order valence-corrected chi connectivity index (χ3v) is 4.74. The van der Waals surface area contributed by atoms with Crippen LogP contribution in [-0.2, 0) is 25.9 Å². The van der Waals surface area contributed by atoms with Crippen molar-refractivity contribution in [3.63, 3.8) is 0 Å². The summed E-state index contributed by atoms with van der Waals surface area (Å²) in [6.07, 6.45) is -4.32. The first-order valence-corrected chi connectivity index (χ1v) is 9.28. The number of halogens is 3. The standard InChI is InChI=1S/C20H19F3N2OS/c1-14-5-7-18(8-6-14)26-12-19-25-17(13-27-19)11-24-10-15-3-2-4-16(9-15)20(21,22)23/h2-9,13,24H,10-12H2,1H3. The highest BCUT2D eigenvalue weighted by atomic mass is 32.1. The van der Waals surface area contributed by atoms with Crippen molar-refractivity contribution < 1.29 is 17.9 Å². The maximum absolute atomic E-state index is 12.7. The minimum Gasteiger partial charge on any atom is -0.486 e. The Balaban J connectivity index is 1.47. The molecule has 0 bridgehead atoms. The van der Waals surface area contributed by atoms with E-state index >= 15 is 0 Å². The first-order valence-electron chi connectivity index (χ1n) is 8.40. The number of alkyl halides is 3. The van der Waals surface area contributed by atoms with E-state index in [-0.39, 0.29) is 0 Å². The summed E-state index contributed by atoms with van der Waals surface area (Å²) in [7, 11) is 0. The monoisotopic (exact) mass is 392 g/mol. The molecule has 0 unspecified atom stereocenters. The number of hydrogen-bond acceptors (Lipinski definition) is 4. The summed E-state index contributed by atoms with van der Waals surface area (Å²) >= 11 is 1.50. The molecule has 0 aliphatic rings. The van der Waals surface area contributed by atoms with Crippen LogP contribution in [0.25, 0.3) is 0 Å². The van der Waals surface area contributed by atoms with Gasteiger partial charge in [-0.15, -0.1) is 11.3 Å². The van der Waals surface area contributed by atoms with Gasteiger partial charge in [0.05, 0.1) is 11.3 Å². The summed E-state index contributed by atoms with van der Waals surface area (Å²) < 4.78 is 43.9. The second-order valence-corrected chi connectivity index (χ2v) is 7.08. The Hall–Kier alpha value is -2.38. The zero-order valence-corrected chi connectivity index (χ0v) is 15.5. The number of aryl methyl sites for hydroxylation is 1. The van der Waals surface area contributed by atoms with E-state index in [4.69, 9.17) is 4.74 Å². The average molecular weight is 392 g/mol. The summed E-state index contributed by atoms with van der Waals surface area (Å²) in [5.74, 6) is 0.792. The maximum Gasteiger partial charge on any atom is 0.416 e. The molecule has 1 aromatic heterocycles. The Morgan fingerprint density at radius 3 is 2.59 bits per heavy atom. The lowest BCUT2D eigenvalue weighted by atomic mass is 10.1. The van der Waals surface area contributed by atoms with Gasteiger partial charge in [0.25, 0.3) is 0 Å². The zero-order chi connectivity index (χ0) is 19.3. The second-order valence-electron chi connectivity index (χ2n) is 6.14. The smallest absolute Gasteiger partial charge is 0.416 e. The van der Waals surface area contributed by atoms with E-state index in [0.717, 1.165) is 28.6 Å². The van der Waals surface area contributed by atoms with Crippen LogP contribution in [0.15, 0.2) is 53.9 Å². The van der Waals surface area contributed by atoms with Crippen LogP contribution in [0.5, 0.6) is 5.75 Å². The van der Waals surface area contributed by atoms with Gasteiger partial charge < -0.3 is 10.1 Å². The fourth-order valence-corrected chi connectivity index (χ4v) is 3.17. The predicted molar refractivity (Wildman–Crippen MR) is 99.6 cm³/mol. The lowest BCUT2D eigenvalue weighted by molar-refractivity contribution is -0.137. The molecule has 0 saturated heterocycles. The molecule has 3 nitrogen and oxygen atoms in total. The number of aromatic nitrogens is 1. The molecule has 3 aromatic rings. The largest absolute Gasteiger partial charge is 0.486 e. The molecular weight excluding hydrogens is 373 g/mol. The van der Waals surface area contributed by atoms with Gasteiger partial charge in [-0.05, 0) is 30.7 Å². The van der Waals surface area contributed by atoms with Crippen molar-refractivity contribution in [2.24, 2.45) is 0 Å². The molecule has 1 N–H and O–H groups in total. The number of nitrogens with zero attached hydrogens (tertiary/aromatic N) is 1. The SMILES string of the molecule is Cc1ccc(OCc2nc(CNCc3cccc(C(F)(F)F)c3)cs2)cc1. The Labute approximate surface area is 159 Å². The molecule has 1 heterocycles. The molecule has 0 aliphatic heterocycles. The molecule has 0 aliphatic carbocycles. The molecule has 0 amide bonds. The topological polar surface area (TPSA) is 34.1 Å². The summed E-state index contributed by atoms with van der Waals surface area (Å²) in [6, 6.07) is 13.1. The van der Waals surface area contributed by atoms with Crippen LogP contribution in [0.2, 0.25) is 0 Å². The second kappa shape index (κ2) is 8.54. The van der Waals surface area contributed by atoms with Crippen molar-refractivity contribution in [1.82, 2.24) is 10.3 Å². The highest BCUT2D eigenvalue weighted by Gasteiger charge is 2.30. The number of benzene rings is 2. The van der Waals surface area contributed by atoms with Crippen LogP contribution in [0, 0.1) is 6.92 Å². The average Bonchev–Trinajstić information content (AvgIpc) is 3.09. The van der Waals surface area contributed by atoms with Crippen molar-refractivity contribution in [3.8, 4) is 5.75 Å². The van der Waals surface area contributed by atoms with E-state index in [1.165, 1.54) is 23.0 Å². The van der Waals surface area contributed by atoms with Crippen LogP contribution in [0.1, 0.15) is 27.4 Å². The van der Waals surface area contributed by atoms with Gasteiger partial charge in [-0.2, -0.15) is 13.2 Å². The number of nitrogens with one attached hydrogen (secondary N) is 1. The van der Waals surface area contributed by atoms with Gasteiger partial charge in [-0.1, -0.05) is 35.9 Å². The van der Waals surface area contributed by atoms with Crippen molar-refractivity contribution in [2.75, 3.05) is 0 Å². The predicted octanol–water partition coefficient (Wildman–Crippen LogP) is 5.34. The lowest BCUT2D eigenvalue weighted by Gasteiger charge is -2.09. The van der Waals surface area contributed by atoms with Gasteiger partial charge in [-0.3, -0.25) is 0 Å². The summed E-state index contributed by atoms with van der Waals surface area (Å²) in [6.45, 7) is 3.23. The van der Waals surface area contributed by atoms with Crippen LogP contribution in [0.4, 0.5) is 13.2 Å². The van der Waals surface area contributed by atoms with Crippen LogP contribution >= 0.6 is 11.3 Å². The minimum atomic E-state index is -4.32. The molecule has 0 atom stereocenters. The summed E-state index contributed by atoms with van der Waals surface area (Å²) in [4.78, 5) is 4.48. The number of ether oxygens (including phenoxy) is 1. The molecule has 0 saturated carbocycles. The van der Waals surface area contributed by atoms with Gasteiger partial charge >= 0.3 is 6.18 Å². The fourth-order valence-electron chi connectivity index (χ4n) is 2.47. The molecular formula is C20H19F3N2OS.